The quantitative estimate of drug-likeness (QED) is 0.243. The van der Waals surface area contributed by atoms with Gasteiger partial charge in [-0.05, 0) is 65.6 Å². The van der Waals surface area contributed by atoms with Gasteiger partial charge in [-0.1, -0.05) is 23.9 Å². The van der Waals surface area contributed by atoms with Crippen LogP contribution in [0.2, 0.25) is 0 Å². The van der Waals surface area contributed by atoms with Crippen molar-refractivity contribution in [2.45, 2.75) is 55.9 Å². The number of Topliss-reactive ketones (excluding diaryl/α,β-unsaturated/α-hetero) is 1. The normalized spacial score (nSPS) is 24.6. The lowest BCUT2D eigenvalue weighted by Crippen LogP contribution is -2.65. The molecule has 1 aromatic heterocycles. The van der Waals surface area contributed by atoms with Crippen LogP contribution in [-0.2, 0) is 37.6 Å². The van der Waals surface area contributed by atoms with Crippen molar-refractivity contribution in [2.75, 3.05) is 26.4 Å². The van der Waals surface area contributed by atoms with Gasteiger partial charge in [0.1, 0.15) is 11.7 Å². The van der Waals surface area contributed by atoms with Crippen LogP contribution in [0, 0.1) is 18.2 Å². The van der Waals surface area contributed by atoms with Crippen LogP contribution >= 0.6 is 11.8 Å². The molecule has 3 fully saturated rings. The van der Waals surface area contributed by atoms with Crippen LogP contribution in [0.3, 0.4) is 0 Å². The predicted octanol–water partition coefficient (Wildman–Crippen LogP) is -0.238. The average molecular weight is 614 g/mol. The van der Waals surface area contributed by atoms with E-state index in [4.69, 9.17) is 0 Å². The van der Waals surface area contributed by atoms with Crippen molar-refractivity contribution in [2.24, 2.45) is 17.5 Å². The summed E-state index contributed by atoms with van der Waals surface area (Å²) in [5, 5.41) is 17.6. The van der Waals surface area contributed by atoms with Gasteiger partial charge in [0.2, 0.25) is 5.16 Å². The standard InChI is InChI=1S/C27H32FN9O5S/c1-15-11-16(5-6-17(15)28)12-29-20(39)18-19(38)22(41)37-13-26(14-43-25-32-33-34-36(25)4)7-9-27(10-8-26,24(37)30-18)31-21(40)23(42)35(2)3/h5-6,11,18H,7-10,12-14H2,1-4H3,(H,29,39)(H,31,40). The molecular weight excluding hydrogens is 581 g/mol. The third kappa shape index (κ3) is 5.75. The van der Waals surface area contributed by atoms with Crippen LogP contribution in [0.15, 0.2) is 28.3 Å². The molecule has 0 radical (unpaired) electrons. The number of thioether (sulfide) groups is 1. The lowest BCUT2D eigenvalue weighted by molar-refractivity contribution is -0.146. The Hall–Kier alpha value is -4.21. The lowest BCUT2D eigenvalue weighted by atomic mass is 9.69. The first-order chi connectivity index (χ1) is 20.3. The van der Waals surface area contributed by atoms with Gasteiger partial charge in [0, 0.05) is 40.0 Å². The summed E-state index contributed by atoms with van der Waals surface area (Å²) in [4.78, 5) is 72.7. The van der Waals surface area contributed by atoms with E-state index in [2.05, 4.69) is 31.2 Å². The Labute approximate surface area is 250 Å². The molecule has 228 valence electrons. The third-order valence-electron chi connectivity index (χ3n) is 8.28. The summed E-state index contributed by atoms with van der Waals surface area (Å²) in [6.07, 6.45) is 1.74. The Bertz CT molecular complexity index is 1530. The Balaban J connectivity index is 1.46. The maximum atomic E-state index is 13.7. The number of hydrogen-bond donors (Lipinski definition) is 2. The molecule has 1 unspecified atom stereocenters. The minimum Gasteiger partial charge on any atom is -0.350 e. The molecule has 1 aromatic carbocycles. The summed E-state index contributed by atoms with van der Waals surface area (Å²) in [5.41, 5.74) is -0.719. The zero-order chi connectivity index (χ0) is 31.1. The van der Waals surface area contributed by atoms with Gasteiger partial charge < -0.3 is 15.5 Å². The van der Waals surface area contributed by atoms with Gasteiger partial charge >= 0.3 is 11.8 Å². The Kier molecular flexibility index (Phi) is 8.07. The number of rotatable bonds is 7. The Morgan fingerprint density at radius 1 is 1.16 bits per heavy atom. The first-order valence-electron chi connectivity index (χ1n) is 13.7. The number of aromatic nitrogens is 4. The number of amidine groups is 1. The molecule has 0 spiro atoms. The van der Waals surface area contributed by atoms with Crippen molar-refractivity contribution in [3.63, 3.8) is 0 Å². The molecule has 2 bridgehead atoms. The highest BCUT2D eigenvalue weighted by atomic mass is 32.2. The van der Waals surface area contributed by atoms with Gasteiger partial charge in [0.15, 0.2) is 6.04 Å². The summed E-state index contributed by atoms with van der Waals surface area (Å²) in [6.45, 7) is 1.72. The number of nitrogens with one attached hydrogen (secondary N) is 2. The SMILES string of the molecule is Cc1cc(CNC(=O)C2N=C3N(CC4(CSc5nnnn5C)CCC3(NC(=O)C(=O)N(C)C)CC4)C(=O)C2=O)ccc1F. The zero-order valence-electron chi connectivity index (χ0n) is 24.2. The van der Waals surface area contributed by atoms with E-state index in [1.807, 2.05) is 0 Å². The minimum atomic E-state index is -1.68. The molecule has 2 N–H and O–H groups in total. The van der Waals surface area contributed by atoms with Gasteiger partial charge in [-0.15, -0.1) is 5.10 Å². The van der Waals surface area contributed by atoms with Crippen LogP contribution in [0.4, 0.5) is 4.39 Å². The third-order valence-corrected chi connectivity index (χ3v) is 9.64. The Morgan fingerprint density at radius 3 is 2.51 bits per heavy atom. The fraction of sp³-hybridized carbons (Fsp3) is 0.519. The number of hydrogen-bond acceptors (Lipinski definition) is 10. The summed E-state index contributed by atoms with van der Waals surface area (Å²) in [5.74, 6) is -4.12. The van der Waals surface area contributed by atoms with E-state index in [0.29, 0.717) is 47.7 Å². The number of nitrogens with zero attached hydrogens (tertiary/aromatic N) is 7. The summed E-state index contributed by atoms with van der Waals surface area (Å²) < 4.78 is 15.2. The monoisotopic (exact) mass is 613 g/mol. The summed E-state index contributed by atoms with van der Waals surface area (Å²) in [7, 11) is 4.62. The molecule has 4 heterocycles. The van der Waals surface area contributed by atoms with Crippen molar-refractivity contribution in [1.82, 2.24) is 40.6 Å². The van der Waals surface area contributed by atoms with Crippen LogP contribution in [0.1, 0.15) is 36.8 Å². The van der Waals surface area contributed by atoms with Crippen molar-refractivity contribution >= 4 is 47.0 Å². The zero-order valence-corrected chi connectivity index (χ0v) is 25.0. The van der Waals surface area contributed by atoms with Gasteiger partial charge in [-0.2, -0.15) is 0 Å². The van der Waals surface area contributed by atoms with E-state index in [-0.39, 0.29) is 24.7 Å². The number of aliphatic imine (C=N–C) groups is 1. The average Bonchev–Trinajstić information content (AvgIpc) is 3.28. The van der Waals surface area contributed by atoms with Crippen LogP contribution in [0.5, 0.6) is 0 Å². The highest BCUT2D eigenvalue weighted by Gasteiger charge is 2.58. The van der Waals surface area contributed by atoms with Crippen LogP contribution < -0.4 is 10.6 Å². The second kappa shape index (κ2) is 11.5. The highest BCUT2D eigenvalue weighted by Crippen LogP contribution is 2.49. The first-order valence-corrected chi connectivity index (χ1v) is 14.7. The molecular formula is C27H32FN9O5S. The topological polar surface area (TPSA) is 172 Å². The number of aryl methyl sites for hydroxylation is 2. The fourth-order valence-corrected chi connectivity index (χ4v) is 6.87. The van der Waals surface area contributed by atoms with Crippen molar-refractivity contribution in [3.8, 4) is 0 Å². The molecule has 2 aromatic rings. The number of halogens is 1. The first kappa shape index (κ1) is 30.3. The van der Waals surface area contributed by atoms with Gasteiger partial charge in [-0.25, -0.2) is 14.1 Å². The largest absolute Gasteiger partial charge is 0.350 e. The molecule has 1 atom stereocenters. The molecule has 16 heteroatoms. The summed E-state index contributed by atoms with van der Waals surface area (Å²) >= 11 is 1.42. The van der Waals surface area contributed by atoms with E-state index in [0.717, 1.165) is 4.90 Å². The highest BCUT2D eigenvalue weighted by molar-refractivity contribution is 7.99. The molecule has 14 nitrogen and oxygen atoms in total. The molecule has 4 amide bonds. The van der Waals surface area contributed by atoms with E-state index in [1.54, 1.807) is 20.0 Å². The van der Waals surface area contributed by atoms with Gasteiger partial charge in [-0.3, -0.25) is 28.9 Å². The number of carbonyl (C=O) groups excluding carboxylic acids is 5. The van der Waals surface area contributed by atoms with Gasteiger partial charge in [0.05, 0.1) is 5.54 Å². The number of carbonyl (C=O) groups is 5. The van der Waals surface area contributed by atoms with E-state index in [1.165, 1.54) is 47.6 Å². The Morgan fingerprint density at radius 2 is 1.88 bits per heavy atom. The van der Waals surface area contributed by atoms with Crippen LogP contribution in [-0.4, -0.2) is 103 Å². The smallest absolute Gasteiger partial charge is 0.311 e. The minimum absolute atomic E-state index is 0.0110. The molecule has 1 aliphatic carbocycles. The van der Waals surface area contributed by atoms with Crippen molar-refractivity contribution < 1.29 is 28.4 Å². The molecule has 1 saturated carbocycles. The summed E-state index contributed by atoms with van der Waals surface area (Å²) in [6, 6.07) is 2.69. The molecule has 6 rings (SSSR count). The van der Waals surface area contributed by atoms with E-state index < -0.39 is 46.4 Å². The molecule has 2 saturated heterocycles. The lowest BCUT2D eigenvalue weighted by Gasteiger charge is -2.42. The van der Waals surface area contributed by atoms with Crippen LogP contribution in [0.25, 0.3) is 0 Å². The van der Waals surface area contributed by atoms with Crippen molar-refractivity contribution in [3.05, 3.63) is 35.1 Å². The van der Waals surface area contributed by atoms with E-state index >= 15 is 0 Å². The predicted molar refractivity (Wildman–Crippen MR) is 151 cm³/mol. The van der Waals surface area contributed by atoms with Crippen molar-refractivity contribution in [1.29, 1.82) is 0 Å². The number of fused-ring (bicyclic) bond motifs is 2. The maximum Gasteiger partial charge on any atom is 0.311 e. The number of amides is 4. The fourth-order valence-electron chi connectivity index (χ4n) is 5.74. The second-order valence-corrected chi connectivity index (χ2v) is 12.5. The maximum absolute atomic E-state index is 13.7. The van der Waals surface area contributed by atoms with Gasteiger partial charge in [0.25, 0.3) is 17.6 Å². The molecule has 4 aliphatic rings. The molecule has 3 aliphatic heterocycles. The number of tetrazole rings is 1. The molecule has 43 heavy (non-hydrogen) atoms. The number of likely N-dealkylation sites (N-methyl/N-ethyl adjacent to an activating group) is 1. The number of benzene rings is 1. The number of ketones is 1. The van der Waals surface area contributed by atoms with E-state index in [9.17, 15) is 28.4 Å². The second-order valence-electron chi connectivity index (χ2n) is 11.5.